The van der Waals surface area contributed by atoms with Crippen molar-refractivity contribution in [3.8, 4) is 0 Å². The van der Waals surface area contributed by atoms with E-state index in [9.17, 15) is 27.6 Å². The van der Waals surface area contributed by atoms with Gasteiger partial charge in [-0.2, -0.15) is 13.2 Å². The lowest BCUT2D eigenvalue weighted by Gasteiger charge is -2.44. The number of amides is 2. The van der Waals surface area contributed by atoms with Crippen LogP contribution in [0.3, 0.4) is 0 Å². The summed E-state index contributed by atoms with van der Waals surface area (Å²) in [7, 11) is 0. The molecule has 208 valence electrons. The van der Waals surface area contributed by atoms with Gasteiger partial charge in [-0.15, -0.1) is 0 Å². The quantitative estimate of drug-likeness (QED) is 0.403. The molecule has 1 aliphatic heterocycles. The molecular formula is C28H28Cl2F3N3O3. The van der Waals surface area contributed by atoms with Crippen LogP contribution in [0.1, 0.15) is 73.5 Å². The van der Waals surface area contributed by atoms with Crippen LogP contribution in [0.5, 0.6) is 0 Å². The molecule has 1 atom stereocenters. The van der Waals surface area contributed by atoms with Gasteiger partial charge in [0, 0.05) is 34.1 Å². The van der Waals surface area contributed by atoms with Crippen LogP contribution in [0.15, 0.2) is 47.5 Å². The minimum Gasteiger partial charge on any atom is -0.352 e. The number of Topliss-reactive ketones (excluding diaryl/α,β-unsaturated/α-hetero) is 1. The predicted molar refractivity (Wildman–Crippen MR) is 143 cm³/mol. The molecule has 2 aliphatic rings. The van der Waals surface area contributed by atoms with Crippen molar-refractivity contribution in [1.82, 2.24) is 10.2 Å². The fourth-order valence-electron chi connectivity index (χ4n) is 5.30. The molecule has 1 saturated carbocycles. The molecule has 4 rings (SSSR count). The summed E-state index contributed by atoms with van der Waals surface area (Å²) < 4.78 is 40.4. The zero-order chi connectivity index (χ0) is 28.5. The highest BCUT2D eigenvalue weighted by Gasteiger charge is 2.54. The van der Waals surface area contributed by atoms with Crippen molar-refractivity contribution in [3.05, 3.63) is 69.2 Å². The lowest BCUT2D eigenvalue weighted by molar-refractivity contribution is -0.188. The van der Waals surface area contributed by atoms with E-state index in [1.165, 1.54) is 13.0 Å². The molecule has 1 unspecified atom stereocenters. The maximum atomic E-state index is 13.8. The van der Waals surface area contributed by atoms with E-state index in [1.54, 1.807) is 48.2 Å². The molecule has 6 nitrogen and oxygen atoms in total. The van der Waals surface area contributed by atoms with Gasteiger partial charge in [0.15, 0.2) is 0 Å². The zero-order valence-corrected chi connectivity index (χ0v) is 23.0. The van der Waals surface area contributed by atoms with E-state index in [-0.39, 0.29) is 56.1 Å². The van der Waals surface area contributed by atoms with Crippen LogP contribution in [0.25, 0.3) is 0 Å². The molecule has 2 amide bonds. The molecule has 0 saturated heterocycles. The van der Waals surface area contributed by atoms with Gasteiger partial charge in [0.05, 0.1) is 12.0 Å². The number of carbonyl (C=O) groups is 3. The van der Waals surface area contributed by atoms with Gasteiger partial charge in [-0.1, -0.05) is 35.3 Å². The van der Waals surface area contributed by atoms with Gasteiger partial charge < -0.3 is 10.2 Å². The van der Waals surface area contributed by atoms with Crippen LogP contribution in [-0.4, -0.2) is 46.6 Å². The number of alkyl halides is 3. The second-order valence-electron chi connectivity index (χ2n) is 10.1. The van der Waals surface area contributed by atoms with Crippen LogP contribution < -0.4 is 5.32 Å². The zero-order valence-electron chi connectivity index (χ0n) is 21.4. The minimum atomic E-state index is -4.31. The monoisotopic (exact) mass is 581 g/mol. The average Bonchev–Trinajstić information content (AvgIpc) is 3.13. The number of carbonyl (C=O) groups excluding carboxylic acids is 3. The maximum Gasteiger partial charge on any atom is 0.391 e. The number of rotatable bonds is 7. The van der Waals surface area contributed by atoms with E-state index in [4.69, 9.17) is 28.2 Å². The highest BCUT2D eigenvalue weighted by molar-refractivity contribution is 6.47. The number of benzene rings is 2. The Morgan fingerprint density at radius 1 is 1.10 bits per heavy atom. The topological polar surface area (TPSA) is 78.8 Å². The molecule has 39 heavy (non-hydrogen) atoms. The van der Waals surface area contributed by atoms with Crippen molar-refractivity contribution in [2.45, 2.75) is 63.8 Å². The van der Waals surface area contributed by atoms with Crippen molar-refractivity contribution in [2.24, 2.45) is 10.9 Å². The van der Waals surface area contributed by atoms with Crippen molar-refractivity contribution in [1.29, 1.82) is 0 Å². The largest absolute Gasteiger partial charge is 0.391 e. The first-order chi connectivity index (χ1) is 18.3. The van der Waals surface area contributed by atoms with Crippen LogP contribution in [0, 0.1) is 5.92 Å². The summed E-state index contributed by atoms with van der Waals surface area (Å²) in [4.78, 5) is 43.7. The van der Waals surface area contributed by atoms with Gasteiger partial charge in [-0.25, -0.2) is 0 Å². The van der Waals surface area contributed by atoms with E-state index in [0.717, 1.165) is 0 Å². The molecule has 11 heteroatoms. The van der Waals surface area contributed by atoms with Gasteiger partial charge in [0.2, 0.25) is 0 Å². The maximum absolute atomic E-state index is 13.8. The van der Waals surface area contributed by atoms with E-state index in [2.05, 4.69) is 5.32 Å². The number of nitrogens with one attached hydrogen (secondary N) is 1. The Morgan fingerprint density at radius 3 is 2.23 bits per heavy atom. The minimum absolute atomic E-state index is 0.0328. The molecule has 2 aromatic rings. The number of halogens is 5. The first-order valence-electron chi connectivity index (χ1n) is 12.6. The summed E-state index contributed by atoms with van der Waals surface area (Å²) in [5.41, 5.74) is 0.445. The van der Waals surface area contributed by atoms with E-state index >= 15 is 0 Å². The van der Waals surface area contributed by atoms with Gasteiger partial charge in [0.25, 0.3) is 11.8 Å². The molecule has 0 radical (unpaired) electrons. The SMILES string of the molecule is CC(=O)CCNC(=O)c1ccc(C(C)N2C(=O)C(c3cc(Cl)cc(Cl)c3)=NC23CCC(C(F)(F)F)CC3)cc1. The van der Waals surface area contributed by atoms with E-state index in [1.807, 2.05) is 0 Å². The van der Waals surface area contributed by atoms with Crippen LogP contribution in [0.2, 0.25) is 10.0 Å². The number of hydrogen-bond donors (Lipinski definition) is 1. The Kier molecular flexibility index (Phi) is 8.42. The summed E-state index contributed by atoms with van der Waals surface area (Å²) in [6.45, 7) is 3.46. The fourth-order valence-corrected chi connectivity index (χ4v) is 5.83. The number of ketones is 1. The van der Waals surface area contributed by atoms with E-state index in [0.29, 0.717) is 26.7 Å². The van der Waals surface area contributed by atoms with Crippen molar-refractivity contribution < 1.29 is 27.6 Å². The summed E-state index contributed by atoms with van der Waals surface area (Å²) in [5.74, 6) is -2.24. The molecular weight excluding hydrogens is 554 g/mol. The second-order valence-corrected chi connectivity index (χ2v) is 11.0. The molecule has 1 heterocycles. The first-order valence-corrected chi connectivity index (χ1v) is 13.4. The summed E-state index contributed by atoms with van der Waals surface area (Å²) in [6, 6.07) is 10.7. The van der Waals surface area contributed by atoms with Crippen molar-refractivity contribution in [3.63, 3.8) is 0 Å². The van der Waals surface area contributed by atoms with Crippen LogP contribution >= 0.6 is 23.2 Å². The Balaban J connectivity index is 1.63. The lowest BCUT2D eigenvalue weighted by atomic mass is 9.80. The smallest absolute Gasteiger partial charge is 0.352 e. The second kappa shape index (κ2) is 11.3. The highest BCUT2D eigenvalue weighted by atomic mass is 35.5. The number of nitrogens with zero attached hydrogens (tertiary/aromatic N) is 2. The Morgan fingerprint density at radius 2 is 1.69 bits per heavy atom. The summed E-state index contributed by atoms with van der Waals surface area (Å²) >= 11 is 12.3. The van der Waals surface area contributed by atoms with Gasteiger partial charge >= 0.3 is 6.18 Å². The standard InChI is InChI=1S/C28H28Cl2F3N3O3/c1-16(37)9-12-34-25(38)19-5-3-18(4-6-19)17(2)36-26(39)24(20-13-22(29)15-23(30)14-20)35-27(36)10-7-21(8-11-27)28(31,32)33/h3-6,13-15,17,21H,7-12H2,1-2H3,(H,34,38). The van der Waals surface area contributed by atoms with Gasteiger partial charge in [-0.05, 0) is 75.4 Å². The van der Waals surface area contributed by atoms with Crippen molar-refractivity contribution in [2.75, 3.05) is 6.54 Å². The van der Waals surface area contributed by atoms with Gasteiger partial charge in [0.1, 0.15) is 17.2 Å². The summed E-state index contributed by atoms with van der Waals surface area (Å²) in [6.07, 6.45) is -4.26. The van der Waals surface area contributed by atoms with Crippen LogP contribution in [-0.2, 0) is 9.59 Å². The first kappa shape index (κ1) is 29.1. The third-order valence-electron chi connectivity index (χ3n) is 7.38. The van der Waals surface area contributed by atoms with Crippen molar-refractivity contribution >= 4 is 46.5 Å². The van der Waals surface area contributed by atoms with E-state index < -0.39 is 29.7 Å². The molecule has 1 aliphatic carbocycles. The highest BCUT2D eigenvalue weighted by Crippen LogP contribution is 2.49. The Hall–Kier alpha value is -2.91. The predicted octanol–water partition coefficient (Wildman–Crippen LogP) is 6.54. The molecule has 2 aromatic carbocycles. The van der Waals surface area contributed by atoms with Gasteiger partial charge in [-0.3, -0.25) is 19.4 Å². The summed E-state index contributed by atoms with van der Waals surface area (Å²) in [5, 5.41) is 3.30. The molecule has 1 N–H and O–H groups in total. The Bertz CT molecular complexity index is 1280. The molecule has 1 spiro atoms. The normalized spacial score (nSPS) is 22.1. The molecule has 0 aromatic heterocycles. The fraction of sp³-hybridized carbons (Fsp3) is 0.429. The Labute approximate surface area is 234 Å². The lowest BCUT2D eigenvalue weighted by Crippen LogP contribution is -2.51. The third kappa shape index (κ3) is 6.30. The number of hydrogen-bond acceptors (Lipinski definition) is 4. The molecule has 1 fully saturated rings. The average molecular weight is 582 g/mol. The number of aliphatic imine (C=N–C) groups is 1. The third-order valence-corrected chi connectivity index (χ3v) is 7.82. The molecule has 0 bridgehead atoms. The van der Waals surface area contributed by atoms with Crippen LogP contribution in [0.4, 0.5) is 13.2 Å².